The van der Waals surface area contributed by atoms with Crippen LogP contribution in [0, 0.1) is 18.6 Å². The second-order valence-electron chi connectivity index (χ2n) is 4.45. The van der Waals surface area contributed by atoms with Crippen LogP contribution in [0.4, 0.5) is 8.78 Å². The zero-order valence-corrected chi connectivity index (χ0v) is 10.8. The maximum absolute atomic E-state index is 13.7. The molecule has 0 spiro atoms. The lowest BCUT2D eigenvalue weighted by atomic mass is 10.1. The third-order valence-corrected chi connectivity index (χ3v) is 2.84. The first-order valence-electron chi connectivity index (χ1n) is 5.97. The van der Waals surface area contributed by atoms with Gasteiger partial charge in [-0.05, 0) is 37.6 Å². The van der Waals surface area contributed by atoms with Crippen molar-refractivity contribution in [3.8, 4) is 11.5 Å². The molecule has 2 nitrogen and oxygen atoms in total. The van der Waals surface area contributed by atoms with Gasteiger partial charge in [-0.1, -0.05) is 12.1 Å². The largest absolute Gasteiger partial charge is 0.457 e. The van der Waals surface area contributed by atoms with Crippen molar-refractivity contribution < 1.29 is 13.5 Å². The van der Waals surface area contributed by atoms with Crippen LogP contribution >= 0.6 is 0 Å². The third kappa shape index (κ3) is 2.90. The van der Waals surface area contributed by atoms with Crippen LogP contribution in [-0.2, 0) is 0 Å². The summed E-state index contributed by atoms with van der Waals surface area (Å²) in [7, 11) is 0. The quantitative estimate of drug-likeness (QED) is 0.905. The maximum atomic E-state index is 13.7. The zero-order valence-electron chi connectivity index (χ0n) is 10.8. The Hall–Kier alpha value is -1.94. The molecule has 0 heterocycles. The summed E-state index contributed by atoms with van der Waals surface area (Å²) in [4.78, 5) is 0. The van der Waals surface area contributed by atoms with Gasteiger partial charge in [-0.3, -0.25) is 0 Å². The number of benzene rings is 2. The van der Waals surface area contributed by atoms with Crippen LogP contribution in [0.25, 0.3) is 0 Å². The molecule has 0 aliphatic heterocycles. The van der Waals surface area contributed by atoms with Gasteiger partial charge in [-0.15, -0.1) is 0 Å². The van der Waals surface area contributed by atoms with Crippen LogP contribution in [0.3, 0.4) is 0 Å². The average molecular weight is 263 g/mol. The summed E-state index contributed by atoms with van der Waals surface area (Å²) >= 11 is 0. The lowest BCUT2D eigenvalue weighted by Crippen LogP contribution is -2.09. The standard InChI is InChI=1S/C15H15F2NO/c1-9-6-7-11(16)8-14(9)19-13-5-3-4-12(17)15(13)10(2)18/h3-8,10H,18H2,1-2H3/t10-/m0/s1. The van der Waals surface area contributed by atoms with Gasteiger partial charge in [0.25, 0.3) is 0 Å². The molecule has 100 valence electrons. The molecule has 2 aromatic carbocycles. The van der Waals surface area contributed by atoms with Gasteiger partial charge < -0.3 is 10.5 Å². The van der Waals surface area contributed by atoms with Crippen molar-refractivity contribution in [2.24, 2.45) is 5.73 Å². The molecule has 2 rings (SSSR count). The van der Waals surface area contributed by atoms with Gasteiger partial charge in [0.15, 0.2) is 0 Å². The minimum Gasteiger partial charge on any atom is -0.457 e. The fourth-order valence-corrected chi connectivity index (χ4v) is 1.85. The average Bonchev–Trinajstić information content (AvgIpc) is 2.33. The molecule has 0 aliphatic carbocycles. The lowest BCUT2D eigenvalue weighted by molar-refractivity contribution is 0.453. The highest BCUT2D eigenvalue weighted by molar-refractivity contribution is 5.42. The van der Waals surface area contributed by atoms with Crippen LogP contribution < -0.4 is 10.5 Å². The highest BCUT2D eigenvalue weighted by Gasteiger charge is 2.15. The Labute approximate surface area is 110 Å². The summed E-state index contributed by atoms with van der Waals surface area (Å²) in [6.07, 6.45) is 0. The number of rotatable bonds is 3. The van der Waals surface area contributed by atoms with Gasteiger partial charge in [0, 0.05) is 17.7 Å². The molecular weight excluding hydrogens is 248 g/mol. The molecule has 0 radical (unpaired) electrons. The second kappa shape index (κ2) is 5.36. The van der Waals surface area contributed by atoms with Gasteiger partial charge in [-0.2, -0.15) is 0 Å². The summed E-state index contributed by atoms with van der Waals surface area (Å²) in [5.41, 5.74) is 6.79. The van der Waals surface area contributed by atoms with E-state index in [1.165, 1.54) is 24.3 Å². The summed E-state index contributed by atoms with van der Waals surface area (Å²) in [6, 6.07) is 8.19. The molecule has 0 fully saturated rings. The highest BCUT2D eigenvalue weighted by atomic mass is 19.1. The molecule has 4 heteroatoms. The van der Waals surface area contributed by atoms with Gasteiger partial charge in [0.2, 0.25) is 0 Å². The minimum absolute atomic E-state index is 0.283. The van der Waals surface area contributed by atoms with Gasteiger partial charge in [0.1, 0.15) is 23.1 Å². The summed E-state index contributed by atoms with van der Waals surface area (Å²) < 4.78 is 32.6. The molecule has 2 aromatic rings. The molecule has 0 amide bonds. The smallest absolute Gasteiger partial charge is 0.135 e. The van der Waals surface area contributed by atoms with Crippen molar-refractivity contribution in [2.45, 2.75) is 19.9 Å². The Kier molecular flexibility index (Phi) is 3.81. The Bertz CT molecular complexity index is 597. The summed E-state index contributed by atoms with van der Waals surface area (Å²) in [5, 5.41) is 0. The van der Waals surface area contributed by atoms with E-state index in [1.54, 1.807) is 26.0 Å². The van der Waals surface area contributed by atoms with Crippen molar-refractivity contribution in [2.75, 3.05) is 0 Å². The van der Waals surface area contributed by atoms with E-state index < -0.39 is 17.7 Å². The van der Waals surface area contributed by atoms with Crippen LogP contribution in [0.2, 0.25) is 0 Å². The first kappa shape index (κ1) is 13.5. The van der Waals surface area contributed by atoms with E-state index in [1.807, 2.05) is 0 Å². The fraction of sp³-hybridized carbons (Fsp3) is 0.200. The number of aryl methyl sites for hydroxylation is 1. The number of ether oxygens (including phenoxy) is 1. The lowest BCUT2D eigenvalue weighted by Gasteiger charge is -2.15. The van der Waals surface area contributed by atoms with Gasteiger partial charge in [0.05, 0.1) is 0 Å². The van der Waals surface area contributed by atoms with E-state index in [-0.39, 0.29) is 5.56 Å². The number of nitrogens with two attached hydrogens (primary N) is 1. The summed E-state index contributed by atoms with van der Waals surface area (Å²) in [5.74, 6) is -0.169. The maximum Gasteiger partial charge on any atom is 0.135 e. The molecule has 2 N–H and O–H groups in total. The zero-order chi connectivity index (χ0) is 14.0. The highest BCUT2D eigenvalue weighted by Crippen LogP contribution is 2.32. The van der Waals surface area contributed by atoms with Crippen molar-refractivity contribution in [3.63, 3.8) is 0 Å². The SMILES string of the molecule is Cc1ccc(F)cc1Oc1cccc(F)c1[C@H](C)N. The second-order valence-corrected chi connectivity index (χ2v) is 4.45. The van der Waals surface area contributed by atoms with Gasteiger partial charge in [-0.25, -0.2) is 8.78 Å². The van der Waals surface area contributed by atoms with E-state index in [0.717, 1.165) is 5.56 Å². The molecule has 0 bridgehead atoms. The Balaban J connectivity index is 2.44. The Morgan fingerprint density at radius 3 is 2.53 bits per heavy atom. The predicted octanol–water partition coefficient (Wildman–Crippen LogP) is 4.09. The molecule has 0 unspecified atom stereocenters. The van der Waals surface area contributed by atoms with Crippen molar-refractivity contribution in [1.29, 1.82) is 0 Å². The normalized spacial score (nSPS) is 12.3. The Morgan fingerprint density at radius 1 is 1.11 bits per heavy atom. The van der Waals surface area contributed by atoms with E-state index in [2.05, 4.69) is 0 Å². The molecule has 19 heavy (non-hydrogen) atoms. The monoisotopic (exact) mass is 263 g/mol. The molecule has 0 saturated carbocycles. The topological polar surface area (TPSA) is 35.2 Å². The number of halogens is 2. The predicted molar refractivity (Wildman–Crippen MR) is 70.2 cm³/mol. The number of hydrogen-bond donors (Lipinski definition) is 1. The Morgan fingerprint density at radius 2 is 1.84 bits per heavy atom. The number of hydrogen-bond acceptors (Lipinski definition) is 2. The van der Waals surface area contributed by atoms with Crippen LogP contribution in [0.5, 0.6) is 11.5 Å². The molecular formula is C15H15F2NO. The summed E-state index contributed by atoms with van der Waals surface area (Å²) in [6.45, 7) is 3.46. The first-order valence-corrected chi connectivity index (χ1v) is 5.97. The van der Waals surface area contributed by atoms with Crippen LogP contribution in [0.15, 0.2) is 36.4 Å². The van der Waals surface area contributed by atoms with Crippen LogP contribution in [-0.4, -0.2) is 0 Å². The van der Waals surface area contributed by atoms with E-state index in [9.17, 15) is 8.78 Å². The van der Waals surface area contributed by atoms with Gasteiger partial charge >= 0.3 is 0 Å². The third-order valence-electron chi connectivity index (χ3n) is 2.84. The van der Waals surface area contributed by atoms with Crippen molar-refractivity contribution >= 4 is 0 Å². The molecule has 1 atom stereocenters. The van der Waals surface area contributed by atoms with Crippen LogP contribution in [0.1, 0.15) is 24.1 Å². The first-order chi connectivity index (χ1) is 8.99. The van der Waals surface area contributed by atoms with Crippen molar-refractivity contribution in [3.05, 3.63) is 59.2 Å². The molecule has 0 aromatic heterocycles. The fourth-order valence-electron chi connectivity index (χ4n) is 1.85. The molecule has 0 aliphatic rings. The molecule has 0 saturated heterocycles. The van der Waals surface area contributed by atoms with E-state index in [0.29, 0.717) is 11.5 Å². The van der Waals surface area contributed by atoms with E-state index >= 15 is 0 Å². The van der Waals surface area contributed by atoms with Crippen molar-refractivity contribution in [1.82, 2.24) is 0 Å². The minimum atomic E-state index is -0.509. The van der Waals surface area contributed by atoms with E-state index in [4.69, 9.17) is 10.5 Å².